The van der Waals surface area contributed by atoms with Gasteiger partial charge in [0.05, 0.1) is 12.2 Å². The van der Waals surface area contributed by atoms with Crippen molar-refractivity contribution in [3.63, 3.8) is 0 Å². The van der Waals surface area contributed by atoms with E-state index in [1.807, 2.05) is 0 Å². The van der Waals surface area contributed by atoms with Crippen LogP contribution in [0.15, 0.2) is 0 Å². The summed E-state index contributed by atoms with van der Waals surface area (Å²) in [6.07, 6.45) is 9.82. The van der Waals surface area contributed by atoms with Gasteiger partial charge in [-0.1, -0.05) is 32.6 Å². The standard InChI is InChI=1S/C10H18O/c1-2-3-4-5-8-6-9-10(7-8)11-9/h8-10H,2-7H2,1H3. The quantitative estimate of drug-likeness (QED) is 0.448. The lowest BCUT2D eigenvalue weighted by molar-refractivity contribution is 0.262. The molecular weight excluding hydrogens is 136 g/mol. The minimum absolute atomic E-state index is 0.696. The van der Waals surface area contributed by atoms with Crippen molar-refractivity contribution < 1.29 is 4.74 Å². The molecule has 0 aromatic rings. The van der Waals surface area contributed by atoms with Crippen molar-refractivity contribution in [3.8, 4) is 0 Å². The highest BCUT2D eigenvalue weighted by atomic mass is 16.6. The first kappa shape index (κ1) is 7.60. The molecule has 2 atom stereocenters. The molecule has 1 saturated carbocycles. The van der Waals surface area contributed by atoms with Crippen LogP contribution in [-0.4, -0.2) is 12.2 Å². The maximum atomic E-state index is 5.39. The van der Waals surface area contributed by atoms with Crippen LogP contribution in [0.2, 0.25) is 0 Å². The molecule has 1 aliphatic heterocycles. The average Bonchev–Trinajstić information content (AvgIpc) is 2.61. The summed E-state index contributed by atoms with van der Waals surface area (Å²) in [6.45, 7) is 2.27. The van der Waals surface area contributed by atoms with Crippen molar-refractivity contribution in [3.05, 3.63) is 0 Å². The summed E-state index contributed by atoms with van der Waals surface area (Å²) in [7, 11) is 0. The first-order valence-electron chi connectivity index (χ1n) is 5.05. The topological polar surface area (TPSA) is 12.5 Å². The van der Waals surface area contributed by atoms with E-state index in [1.54, 1.807) is 0 Å². The molecule has 2 rings (SSSR count). The second kappa shape index (κ2) is 3.14. The summed E-state index contributed by atoms with van der Waals surface area (Å²) in [4.78, 5) is 0. The van der Waals surface area contributed by atoms with Gasteiger partial charge in [0.15, 0.2) is 0 Å². The Morgan fingerprint density at radius 2 is 1.91 bits per heavy atom. The zero-order valence-corrected chi connectivity index (χ0v) is 7.38. The van der Waals surface area contributed by atoms with E-state index >= 15 is 0 Å². The molecule has 1 saturated heterocycles. The van der Waals surface area contributed by atoms with Crippen molar-refractivity contribution in [2.45, 2.75) is 57.7 Å². The fraction of sp³-hybridized carbons (Fsp3) is 1.00. The van der Waals surface area contributed by atoms with E-state index in [0.717, 1.165) is 5.92 Å². The number of epoxide rings is 1. The Labute approximate surface area is 69.1 Å². The molecule has 0 spiro atoms. The smallest absolute Gasteiger partial charge is 0.0844 e. The summed E-state index contributed by atoms with van der Waals surface area (Å²) in [5.41, 5.74) is 0. The number of ether oxygens (including phenoxy) is 1. The van der Waals surface area contributed by atoms with Crippen molar-refractivity contribution in [1.82, 2.24) is 0 Å². The first-order valence-corrected chi connectivity index (χ1v) is 5.05. The normalized spacial score (nSPS) is 40.6. The molecule has 1 nitrogen and oxygen atoms in total. The lowest BCUT2D eigenvalue weighted by atomic mass is 9.99. The van der Waals surface area contributed by atoms with Gasteiger partial charge in [-0.3, -0.25) is 0 Å². The van der Waals surface area contributed by atoms with Crippen molar-refractivity contribution in [1.29, 1.82) is 0 Å². The van der Waals surface area contributed by atoms with E-state index in [-0.39, 0.29) is 0 Å². The summed E-state index contributed by atoms with van der Waals surface area (Å²) >= 11 is 0. The monoisotopic (exact) mass is 154 g/mol. The highest BCUT2D eigenvalue weighted by molar-refractivity contribution is 4.95. The lowest BCUT2D eigenvalue weighted by Gasteiger charge is -2.09. The SMILES string of the molecule is CCCCCC1CC2OC2C1. The van der Waals surface area contributed by atoms with Crippen LogP contribution in [0.1, 0.15) is 45.4 Å². The highest BCUT2D eigenvalue weighted by Crippen LogP contribution is 2.43. The van der Waals surface area contributed by atoms with Crippen LogP contribution in [0, 0.1) is 5.92 Å². The predicted octanol–water partition coefficient (Wildman–Crippen LogP) is 2.74. The van der Waals surface area contributed by atoms with Gasteiger partial charge >= 0.3 is 0 Å². The van der Waals surface area contributed by atoms with Crippen LogP contribution in [0.25, 0.3) is 0 Å². The Bertz CT molecular complexity index is 123. The van der Waals surface area contributed by atoms with Crippen LogP contribution in [-0.2, 0) is 4.74 Å². The second-order valence-corrected chi connectivity index (χ2v) is 4.05. The van der Waals surface area contributed by atoms with Gasteiger partial charge in [0.2, 0.25) is 0 Å². The van der Waals surface area contributed by atoms with E-state index in [1.165, 1.54) is 38.5 Å². The van der Waals surface area contributed by atoms with Crippen LogP contribution in [0.3, 0.4) is 0 Å². The van der Waals surface area contributed by atoms with Crippen LogP contribution in [0.5, 0.6) is 0 Å². The number of rotatable bonds is 4. The minimum Gasteiger partial charge on any atom is -0.370 e. The van der Waals surface area contributed by atoms with Gasteiger partial charge in [0, 0.05) is 0 Å². The molecule has 64 valence electrons. The van der Waals surface area contributed by atoms with E-state index in [0.29, 0.717) is 12.2 Å². The summed E-state index contributed by atoms with van der Waals surface area (Å²) in [5.74, 6) is 1.02. The van der Waals surface area contributed by atoms with Crippen molar-refractivity contribution in [2.75, 3.05) is 0 Å². The fourth-order valence-electron chi connectivity index (χ4n) is 2.27. The van der Waals surface area contributed by atoms with E-state index < -0.39 is 0 Å². The van der Waals surface area contributed by atoms with Crippen LogP contribution < -0.4 is 0 Å². The number of unbranched alkanes of at least 4 members (excludes halogenated alkanes) is 2. The maximum Gasteiger partial charge on any atom is 0.0844 e. The molecule has 1 heterocycles. The van der Waals surface area contributed by atoms with Gasteiger partial charge in [-0.25, -0.2) is 0 Å². The van der Waals surface area contributed by atoms with Crippen molar-refractivity contribution in [2.24, 2.45) is 5.92 Å². The Balaban J connectivity index is 1.57. The average molecular weight is 154 g/mol. The molecule has 0 amide bonds. The largest absolute Gasteiger partial charge is 0.370 e. The summed E-state index contributed by atoms with van der Waals surface area (Å²) in [6, 6.07) is 0. The minimum atomic E-state index is 0.696. The number of fused-ring (bicyclic) bond motifs is 1. The molecule has 1 heteroatoms. The third kappa shape index (κ3) is 1.76. The van der Waals surface area contributed by atoms with Crippen LogP contribution >= 0.6 is 0 Å². The fourth-order valence-corrected chi connectivity index (χ4v) is 2.27. The van der Waals surface area contributed by atoms with E-state index in [9.17, 15) is 0 Å². The molecule has 0 bridgehead atoms. The van der Waals surface area contributed by atoms with Crippen LogP contribution in [0.4, 0.5) is 0 Å². The Morgan fingerprint density at radius 3 is 2.55 bits per heavy atom. The molecule has 11 heavy (non-hydrogen) atoms. The highest BCUT2D eigenvalue weighted by Gasteiger charge is 2.47. The van der Waals surface area contributed by atoms with Gasteiger partial charge in [-0.15, -0.1) is 0 Å². The van der Waals surface area contributed by atoms with Gasteiger partial charge in [-0.2, -0.15) is 0 Å². The molecule has 2 fully saturated rings. The number of hydrogen-bond acceptors (Lipinski definition) is 1. The first-order chi connectivity index (χ1) is 5.40. The zero-order valence-electron chi connectivity index (χ0n) is 7.38. The van der Waals surface area contributed by atoms with Gasteiger partial charge < -0.3 is 4.74 Å². The molecule has 1 aliphatic carbocycles. The van der Waals surface area contributed by atoms with Gasteiger partial charge in [0.1, 0.15) is 0 Å². The van der Waals surface area contributed by atoms with E-state index in [2.05, 4.69) is 6.92 Å². The Hall–Kier alpha value is -0.0400. The van der Waals surface area contributed by atoms with Gasteiger partial charge in [0.25, 0.3) is 0 Å². The van der Waals surface area contributed by atoms with Gasteiger partial charge in [-0.05, 0) is 18.8 Å². The summed E-state index contributed by atoms with van der Waals surface area (Å²) < 4.78 is 5.39. The third-order valence-electron chi connectivity index (χ3n) is 3.03. The molecule has 0 N–H and O–H groups in total. The second-order valence-electron chi connectivity index (χ2n) is 4.05. The molecular formula is C10H18O. The van der Waals surface area contributed by atoms with E-state index in [4.69, 9.17) is 4.74 Å². The maximum absolute atomic E-state index is 5.39. The van der Waals surface area contributed by atoms with Crippen molar-refractivity contribution >= 4 is 0 Å². The lowest BCUT2D eigenvalue weighted by Crippen LogP contribution is -1.98. The molecule has 0 aromatic carbocycles. The Kier molecular flexibility index (Phi) is 2.17. The zero-order chi connectivity index (χ0) is 7.68. The molecule has 2 unspecified atom stereocenters. The predicted molar refractivity (Wildman–Crippen MR) is 45.5 cm³/mol. The molecule has 0 radical (unpaired) electrons. The molecule has 2 aliphatic rings. The summed E-state index contributed by atoms with van der Waals surface area (Å²) in [5, 5.41) is 0. The number of hydrogen-bond donors (Lipinski definition) is 0. The Morgan fingerprint density at radius 1 is 1.18 bits per heavy atom. The third-order valence-corrected chi connectivity index (χ3v) is 3.03. The molecule has 0 aromatic heterocycles.